The predicted molar refractivity (Wildman–Crippen MR) is 221 cm³/mol. The third-order valence-electron chi connectivity index (χ3n) is 10.6. The zero-order chi connectivity index (χ0) is 35.1. The van der Waals surface area contributed by atoms with Gasteiger partial charge in [-0.05, 0) is 96.8 Å². The molecule has 0 fully saturated rings. The van der Waals surface area contributed by atoms with E-state index in [1.807, 2.05) is 0 Å². The Morgan fingerprint density at radius 1 is 0.385 bits per heavy atom. The Morgan fingerprint density at radius 2 is 0.865 bits per heavy atom. The molecule has 1 aliphatic carbocycles. The van der Waals surface area contributed by atoms with Gasteiger partial charge in [-0.2, -0.15) is 0 Å². The molecule has 0 saturated heterocycles. The zero-order valence-electron chi connectivity index (χ0n) is 29.5. The molecule has 0 N–H and O–H groups in total. The molecule has 52 heavy (non-hydrogen) atoms. The molecule has 1 aliphatic rings. The van der Waals surface area contributed by atoms with Crippen LogP contribution >= 0.6 is 0 Å². The van der Waals surface area contributed by atoms with Crippen LogP contribution in [-0.2, 0) is 5.41 Å². The van der Waals surface area contributed by atoms with E-state index in [1.54, 1.807) is 0 Å². The minimum Gasteiger partial charge on any atom is -0.310 e. The number of hydrogen-bond donors (Lipinski definition) is 0. The molecular formula is C51H39N. The largest absolute Gasteiger partial charge is 0.310 e. The van der Waals surface area contributed by atoms with Crippen molar-refractivity contribution >= 4 is 39.0 Å². The minimum atomic E-state index is -0.166. The Labute approximate surface area is 306 Å². The van der Waals surface area contributed by atoms with Crippen molar-refractivity contribution in [2.75, 3.05) is 4.90 Å². The number of benzene rings is 8. The van der Waals surface area contributed by atoms with Crippen LogP contribution in [0.3, 0.4) is 0 Å². The molecule has 0 amide bonds. The van der Waals surface area contributed by atoms with E-state index in [-0.39, 0.29) is 5.41 Å². The normalized spacial score (nSPS) is 12.6. The van der Waals surface area contributed by atoms with E-state index in [0.29, 0.717) is 0 Å². The summed E-state index contributed by atoms with van der Waals surface area (Å²) in [6, 6.07) is 72.8. The molecule has 0 heterocycles. The van der Waals surface area contributed by atoms with Crippen molar-refractivity contribution in [1.29, 1.82) is 0 Å². The van der Waals surface area contributed by atoms with Gasteiger partial charge in [0.2, 0.25) is 0 Å². The number of fused-ring (bicyclic) bond motifs is 4. The summed E-state index contributed by atoms with van der Waals surface area (Å²) in [5.74, 6) is 0. The Bertz CT molecular complexity index is 2520. The number of anilines is 3. The molecule has 0 radical (unpaired) electrons. The van der Waals surface area contributed by atoms with Gasteiger partial charge in [-0.1, -0.05) is 184 Å². The first-order chi connectivity index (χ1) is 25.6. The molecule has 0 saturated carbocycles. The number of rotatable bonds is 7. The average molecular weight is 666 g/mol. The molecule has 0 unspecified atom stereocenters. The predicted octanol–water partition coefficient (Wildman–Crippen LogP) is 13.6. The Morgan fingerprint density at radius 3 is 1.48 bits per heavy atom. The van der Waals surface area contributed by atoms with E-state index >= 15 is 0 Å². The lowest BCUT2D eigenvalue weighted by molar-refractivity contribution is 0.661. The summed E-state index contributed by atoms with van der Waals surface area (Å²) in [4.78, 5) is 2.46. The van der Waals surface area contributed by atoms with Crippen LogP contribution in [0, 0.1) is 0 Å². The molecule has 1 nitrogen and oxygen atoms in total. The van der Waals surface area contributed by atoms with Gasteiger partial charge in [-0.3, -0.25) is 0 Å². The second kappa shape index (κ2) is 13.0. The van der Waals surface area contributed by atoms with Crippen LogP contribution in [0.15, 0.2) is 200 Å². The zero-order valence-corrected chi connectivity index (χ0v) is 29.5. The highest BCUT2D eigenvalue weighted by Gasteiger charge is 2.38. The summed E-state index contributed by atoms with van der Waals surface area (Å²) in [7, 11) is 0. The van der Waals surface area contributed by atoms with Crippen molar-refractivity contribution in [3.63, 3.8) is 0 Å². The average Bonchev–Trinajstić information content (AvgIpc) is 3.45. The van der Waals surface area contributed by atoms with E-state index in [9.17, 15) is 0 Å². The quantitative estimate of drug-likeness (QED) is 0.153. The van der Waals surface area contributed by atoms with Crippen molar-refractivity contribution < 1.29 is 0 Å². The molecule has 0 spiro atoms. The summed E-state index contributed by atoms with van der Waals surface area (Å²) in [6.45, 7) is 4.74. The van der Waals surface area contributed by atoms with Crippen molar-refractivity contribution in [3.05, 3.63) is 234 Å². The lowest BCUT2D eigenvalue weighted by Gasteiger charge is -2.32. The van der Waals surface area contributed by atoms with Crippen molar-refractivity contribution in [1.82, 2.24) is 0 Å². The molecule has 8 aromatic carbocycles. The summed E-state index contributed by atoms with van der Waals surface area (Å²) in [5, 5.41) is 2.46. The van der Waals surface area contributed by atoms with Gasteiger partial charge in [0.25, 0.3) is 0 Å². The van der Waals surface area contributed by atoms with Crippen molar-refractivity contribution in [3.8, 4) is 11.1 Å². The summed E-state index contributed by atoms with van der Waals surface area (Å²) in [5.41, 5.74) is 15.8. The number of hydrogen-bond acceptors (Lipinski definition) is 1. The summed E-state index contributed by atoms with van der Waals surface area (Å²) >= 11 is 0. The van der Waals surface area contributed by atoms with Gasteiger partial charge in [0.05, 0.1) is 5.69 Å². The summed E-state index contributed by atoms with van der Waals surface area (Å²) < 4.78 is 0. The van der Waals surface area contributed by atoms with E-state index in [1.165, 1.54) is 72.1 Å². The number of nitrogens with zero attached hydrogens (tertiary/aromatic N) is 1. The first-order valence-corrected chi connectivity index (χ1v) is 18.1. The highest BCUT2D eigenvalue weighted by molar-refractivity contribution is 6.05. The Kier molecular flexibility index (Phi) is 7.90. The maximum atomic E-state index is 2.46. The van der Waals surface area contributed by atoms with Crippen LogP contribution in [0.25, 0.3) is 33.0 Å². The van der Waals surface area contributed by atoms with Crippen LogP contribution in [0.4, 0.5) is 17.1 Å². The SMILES string of the molecule is CC1(C)c2ccccc2-c2cccc(N(c3ccc(C(=C(c4ccccc4)c4ccccc4)c4ccccc4)cc3)c3ccc4ccccc4c3)c21. The molecule has 0 aromatic heterocycles. The molecule has 8 aromatic rings. The van der Waals surface area contributed by atoms with Gasteiger partial charge in [-0.15, -0.1) is 0 Å². The molecule has 0 atom stereocenters. The van der Waals surface area contributed by atoms with Crippen LogP contribution in [0.2, 0.25) is 0 Å². The third kappa shape index (κ3) is 5.43. The van der Waals surface area contributed by atoms with Gasteiger partial charge in [0.15, 0.2) is 0 Å². The van der Waals surface area contributed by atoms with Crippen LogP contribution < -0.4 is 4.90 Å². The molecule has 9 rings (SSSR count). The maximum absolute atomic E-state index is 2.46. The van der Waals surface area contributed by atoms with Gasteiger partial charge < -0.3 is 4.90 Å². The van der Waals surface area contributed by atoms with E-state index in [2.05, 4.69) is 219 Å². The molecular weight excluding hydrogens is 627 g/mol. The van der Waals surface area contributed by atoms with E-state index in [4.69, 9.17) is 0 Å². The van der Waals surface area contributed by atoms with Gasteiger partial charge >= 0.3 is 0 Å². The van der Waals surface area contributed by atoms with Gasteiger partial charge in [0, 0.05) is 16.8 Å². The molecule has 248 valence electrons. The summed E-state index contributed by atoms with van der Waals surface area (Å²) in [6.07, 6.45) is 0. The van der Waals surface area contributed by atoms with Crippen LogP contribution in [0.1, 0.15) is 47.2 Å². The molecule has 1 heteroatoms. The smallest absolute Gasteiger partial charge is 0.0508 e. The lowest BCUT2D eigenvalue weighted by Crippen LogP contribution is -2.20. The van der Waals surface area contributed by atoms with Gasteiger partial charge in [0.1, 0.15) is 0 Å². The standard InChI is InChI=1S/C51H39N/c1-51(2)46-27-15-14-25-44(46)45-26-16-28-47(50(45)51)52(43-34-29-36-17-12-13-24-41(36)35-43)42-32-30-40(31-33-42)49(39-22-10-5-11-23-39)48(37-18-6-3-7-19-37)38-20-8-4-9-21-38/h3-35H,1-2H3. The first kappa shape index (κ1) is 31.5. The second-order valence-electron chi connectivity index (χ2n) is 14.1. The Hall–Kier alpha value is -6.44. The van der Waals surface area contributed by atoms with Crippen molar-refractivity contribution in [2.45, 2.75) is 19.3 Å². The van der Waals surface area contributed by atoms with E-state index < -0.39 is 0 Å². The highest BCUT2D eigenvalue weighted by Crippen LogP contribution is 2.54. The molecule has 0 bridgehead atoms. The first-order valence-electron chi connectivity index (χ1n) is 18.1. The minimum absolute atomic E-state index is 0.166. The highest BCUT2D eigenvalue weighted by atomic mass is 15.1. The fourth-order valence-electron chi connectivity index (χ4n) is 8.25. The second-order valence-corrected chi connectivity index (χ2v) is 14.1. The molecule has 0 aliphatic heterocycles. The van der Waals surface area contributed by atoms with Crippen LogP contribution in [-0.4, -0.2) is 0 Å². The maximum Gasteiger partial charge on any atom is 0.0508 e. The topological polar surface area (TPSA) is 3.24 Å². The van der Waals surface area contributed by atoms with Crippen LogP contribution in [0.5, 0.6) is 0 Å². The Balaban J connectivity index is 1.26. The fraction of sp³-hybridized carbons (Fsp3) is 0.0588. The fourth-order valence-corrected chi connectivity index (χ4v) is 8.25. The monoisotopic (exact) mass is 665 g/mol. The van der Waals surface area contributed by atoms with E-state index in [0.717, 1.165) is 11.4 Å². The lowest BCUT2D eigenvalue weighted by atomic mass is 9.81. The third-order valence-corrected chi connectivity index (χ3v) is 10.6. The van der Waals surface area contributed by atoms with Gasteiger partial charge in [-0.25, -0.2) is 0 Å². The van der Waals surface area contributed by atoms with Crippen molar-refractivity contribution in [2.24, 2.45) is 0 Å².